The van der Waals surface area contributed by atoms with Gasteiger partial charge < -0.3 is 4.74 Å². The van der Waals surface area contributed by atoms with E-state index in [-0.39, 0.29) is 12.2 Å². The highest BCUT2D eigenvalue weighted by molar-refractivity contribution is 5.60. The van der Waals surface area contributed by atoms with E-state index >= 15 is 0 Å². The zero-order valence-electron chi connectivity index (χ0n) is 15.5. The lowest BCUT2D eigenvalue weighted by atomic mass is 10.0. The first-order chi connectivity index (χ1) is 14.1. The summed E-state index contributed by atoms with van der Waals surface area (Å²) < 4.78 is 81.8. The molecule has 0 fully saturated rings. The van der Waals surface area contributed by atoms with Gasteiger partial charge in [-0.1, -0.05) is 42.5 Å². The minimum absolute atomic E-state index is 0.256. The molecule has 0 amide bonds. The first-order valence-corrected chi connectivity index (χ1v) is 9.04. The van der Waals surface area contributed by atoms with Crippen LogP contribution in [0.2, 0.25) is 0 Å². The van der Waals surface area contributed by atoms with Gasteiger partial charge in [0.25, 0.3) is 0 Å². The summed E-state index contributed by atoms with van der Waals surface area (Å²) in [6, 6.07) is 16.2. The Morgan fingerprint density at radius 2 is 1.47 bits per heavy atom. The van der Waals surface area contributed by atoms with E-state index in [0.29, 0.717) is 16.8 Å². The Labute approximate surface area is 169 Å². The van der Waals surface area contributed by atoms with Gasteiger partial charge in [0.2, 0.25) is 0 Å². The zero-order chi connectivity index (χ0) is 21.8. The van der Waals surface area contributed by atoms with Crippen LogP contribution in [-0.4, -0.2) is 11.2 Å². The molecule has 3 rings (SSSR count). The lowest BCUT2D eigenvalue weighted by molar-refractivity contribution is -0.139. The number of hydrogen-bond acceptors (Lipinski definition) is 2. The molecule has 1 aromatic heterocycles. The van der Waals surface area contributed by atoms with Crippen LogP contribution in [0.15, 0.2) is 72.9 Å². The van der Waals surface area contributed by atoms with Crippen molar-refractivity contribution in [2.24, 2.45) is 0 Å². The highest BCUT2D eigenvalue weighted by Crippen LogP contribution is 2.33. The summed E-state index contributed by atoms with van der Waals surface area (Å²) in [5.74, 6) is 0.265. The normalized spacial score (nSPS) is 13.1. The fourth-order valence-electron chi connectivity index (χ4n) is 2.87. The lowest BCUT2D eigenvalue weighted by Crippen LogP contribution is -2.14. The first-order valence-electron chi connectivity index (χ1n) is 9.04. The third kappa shape index (κ3) is 5.98. The maximum atomic E-state index is 12.7. The van der Waals surface area contributed by atoms with Crippen LogP contribution < -0.4 is 4.74 Å². The fourth-order valence-corrected chi connectivity index (χ4v) is 2.87. The second-order valence-electron chi connectivity index (χ2n) is 6.63. The summed E-state index contributed by atoms with van der Waals surface area (Å²) in [5, 5.41) is 0. The number of hydrogen-bond donors (Lipinski definition) is 0. The predicted octanol–water partition coefficient (Wildman–Crippen LogP) is 7.23. The van der Waals surface area contributed by atoms with Crippen LogP contribution in [0.1, 0.15) is 30.1 Å². The van der Waals surface area contributed by atoms with E-state index < -0.39 is 30.4 Å². The van der Waals surface area contributed by atoms with Crippen molar-refractivity contribution >= 4 is 0 Å². The van der Waals surface area contributed by atoms with Crippen molar-refractivity contribution in [2.45, 2.75) is 31.3 Å². The van der Waals surface area contributed by atoms with E-state index in [2.05, 4.69) is 4.98 Å². The van der Waals surface area contributed by atoms with Gasteiger partial charge >= 0.3 is 12.4 Å². The van der Waals surface area contributed by atoms with Gasteiger partial charge in [0.05, 0.1) is 17.5 Å². The van der Waals surface area contributed by atoms with E-state index in [1.165, 1.54) is 24.4 Å². The van der Waals surface area contributed by atoms with Gasteiger partial charge in [-0.05, 0) is 36.2 Å². The van der Waals surface area contributed by atoms with Crippen LogP contribution >= 0.6 is 0 Å². The van der Waals surface area contributed by atoms with Crippen molar-refractivity contribution in [2.75, 3.05) is 0 Å². The largest absolute Gasteiger partial charge is 0.484 e. The Morgan fingerprint density at radius 3 is 2.00 bits per heavy atom. The second kappa shape index (κ2) is 8.77. The molecular formula is C22H17F6NO. The van der Waals surface area contributed by atoms with Gasteiger partial charge in [0.1, 0.15) is 11.9 Å². The van der Waals surface area contributed by atoms with E-state index in [1.807, 2.05) is 0 Å². The smallest absolute Gasteiger partial charge is 0.416 e. The molecule has 1 heterocycles. The molecule has 2 aromatic carbocycles. The van der Waals surface area contributed by atoms with E-state index in [1.54, 1.807) is 36.4 Å². The number of pyridine rings is 1. The van der Waals surface area contributed by atoms with Gasteiger partial charge in [0, 0.05) is 12.0 Å². The maximum Gasteiger partial charge on any atom is 0.416 e. The molecule has 0 aliphatic heterocycles. The summed E-state index contributed by atoms with van der Waals surface area (Å²) in [6.45, 7) is 0. The summed E-state index contributed by atoms with van der Waals surface area (Å²) >= 11 is 0. The van der Waals surface area contributed by atoms with Crippen LogP contribution in [0.4, 0.5) is 26.3 Å². The molecule has 8 heteroatoms. The quantitative estimate of drug-likeness (QED) is 0.389. The molecule has 3 aromatic rings. The number of nitrogens with zero attached hydrogens (tertiary/aromatic N) is 1. The van der Waals surface area contributed by atoms with E-state index in [9.17, 15) is 26.3 Å². The lowest BCUT2D eigenvalue weighted by Gasteiger charge is -2.20. The second-order valence-corrected chi connectivity index (χ2v) is 6.63. The monoisotopic (exact) mass is 425 g/mol. The molecule has 0 aliphatic carbocycles. The van der Waals surface area contributed by atoms with Crippen molar-refractivity contribution in [3.05, 3.63) is 84.1 Å². The minimum atomic E-state index is -4.42. The highest BCUT2D eigenvalue weighted by atomic mass is 19.4. The number of halogens is 6. The summed E-state index contributed by atoms with van der Waals surface area (Å²) in [7, 11) is 0. The van der Waals surface area contributed by atoms with Gasteiger partial charge in [-0.3, -0.25) is 4.98 Å². The number of alkyl halides is 6. The van der Waals surface area contributed by atoms with E-state index in [0.717, 1.165) is 12.1 Å². The van der Waals surface area contributed by atoms with Crippen LogP contribution in [0.3, 0.4) is 0 Å². The Hall–Kier alpha value is -3.03. The third-order valence-corrected chi connectivity index (χ3v) is 4.38. The molecule has 0 saturated heterocycles. The van der Waals surface area contributed by atoms with Crippen molar-refractivity contribution in [1.29, 1.82) is 0 Å². The van der Waals surface area contributed by atoms with Crippen molar-refractivity contribution in [1.82, 2.24) is 4.98 Å². The average Bonchev–Trinajstić information content (AvgIpc) is 2.71. The molecular weight excluding hydrogens is 408 g/mol. The molecule has 0 saturated carbocycles. The topological polar surface area (TPSA) is 22.1 Å². The van der Waals surface area contributed by atoms with Crippen LogP contribution in [0, 0.1) is 0 Å². The van der Waals surface area contributed by atoms with Crippen molar-refractivity contribution < 1.29 is 31.1 Å². The molecule has 0 N–H and O–H groups in total. The third-order valence-electron chi connectivity index (χ3n) is 4.38. The molecule has 158 valence electrons. The average molecular weight is 425 g/mol. The van der Waals surface area contributed by atoms with Gasteiger partial charge in [-0.25, -0.2) is 0 Å². The van der Waals surface area contributed by atoms with Gasteiger partial charge in [-0.15, -0.1) is 0 Å². The number of benzene rings is 2. The van der Waals surface area contributed by atoms with Crippen molar-refractivity contribution in [3.63, 3.8) is 0 Å². The van der Waals surface area contributed by atoms with Gasteiger partial charge in [0.15, 0.2) is 0 Å². The number of aromatic nitrogens is 1. The van der Waals surface area contributed by atoms with Crippen LogP contribution in [0.25, 0.3) is 11.3 Å². The Morgan fingerprint density at radius 1 is 0.800 bits per heavy atom. The molecule has 0 aliphatic rings. The molecule has 2 nitrogen and oxygen atoms in total. The van der Waals surface area contributed by atoms with Crippen LogP contribution in [-0.2, 0) is 6.18 Å². The first kappa shape index (κ1) is 21.7. The summed E-state index contributed by atoms with van der Waals surface area (Å²) in [4.78, 5) is 4.17. The molecule has 30 heavy (non-hydrogen) atoms. The minimum Gasteiger partial charge on any atom is -0.484 e. The molecule has 0 radical (unpaired) electrons. The Balaban J connectivity index is 1.75. The molecule has 1 unspecified atom stereocenters. The van der Waals surface area contributed by atoms with Gasteiger partial charge in [-0.2, -0.15) is 26.3 Å². The Kier molecular flexibility index (Phi) is 6.34. The van der Waals surface area contributed by atoms with Crippen LogP contribution in [0.5, 0.6) is 5.75 Å². The SMILES string of the molecule is FC(F)(F)CCC(Oc1ccc(-c2ccc(C(F)(F)F)cc2)nc1)c1ccccc1. The summed E-state index contributed by atoms with van der Waals surface area (Å²) in [5.41, 5.74) is 0.740. The zero-order valence-corrected chi connectivity index (χ0v) is 15.5. The maximum absolute atomic E-state index is 12.7. The molecule has 0 spiro atoms. The highest BCUT2D eigenvalue weighted by Gasteiger charge is 2.30. The standard InChI is InChI=1S/C22H17F6NO/c23-21(24,25)13-12-20(16-4-2-1-3-5-16)30-18-10-11-19(29-14-18)15-6-8-17(9-7-15)22(26,27)28/h1-11,14,20H,12-13H2. The number of ether oxygens (including phenoxy) is 1. The fraction of sp³-hybridized carbons (Fsp3) is 0.227. The number of rotatable bonds is 6. The summed E-state index contributed by atoms with van der Waals surface area (Å²) in [6.07, 6.45) is -9.45. The predicted molar refractivity (Wildman–Crippen MR) is 99.8 cm³/mol. The Bertz CT molecular complexity index is 935. The molecule has 0 bridgehead atoms. The molecule has 1 atom stereocenters. The van der Waals surface area contributed by atoms with Crippen molar-refractivity contribution in [3.8, 4) is 17.0 Å². The van der Waals surface area contributed by atoms with E-state index in [4.69, 9.17) is 4.74 Å².